The van der Waals surface area contributed by atoms with Gasteiger partial charge in [-0.15, -0.1) is 11.3 Å². The number of halogens is 2. The molecule has 1 aromatic heterocycles. The van der Waals surface area contributed by atoms with Crippen LogP contribution in [0.2, 0.25) is 0 Å². The fraction of sp³-hybridized carbons (Fsp3) is 0.214. The Morgan fingerprint density at radius 3 is 2.40 bits per heavy atom. The van der Waals surface area contributed by atoms with Crippen molar-refractivity contribution in [3.63, 3.8) is 0 Å². The van der Waals surface area contributed by atoms with Crippen molar-refractivity contribution >= 4 is 22.9 Å². The van der Waals surface area contributed by atoms with E-state index in [1.165, 1.54) is 24.3 Å². The Morgan fingerprint density at radius 1 is 1.25 bits per heavy atom. The molecular formula is C14H13F2NO2S. The second-order valence-corrected chi connectivity index (χ2v) is 5.64. The topological polar surface area (TPSA) is 38.3 Å². The Labute approximate surface area is 119 Å². The lowest BCUT2D eigenvalue weighted by Crippen LogP contribution is -2.12. The number of hydrogen-bond donors (Lipinski definition) is 1. The molecule has 1 amide bonds. The molecule has 1 aromatic carbocycles. The summed E-state index contributed by atoms with van der Waals surface area (Å²) in [5.74, 6) is -0.157. The van der Waals surface area contributed by atoms with Gasteiger partial charge in [-0.05, 0) is 44.2 Å². The van der Waals surface area contributed by atoms with Gasteiger partial charge in [0.15, 0.2) is 0 Å². The number of thiophene rings is 1. The summed E-state index contributed by atoms with van der Waals surface area (Å²) in [5, 5.41) is 2.72. The normalized spacial score (nSPS) is 10.7. The molecule has 0 fully saturated rings. The van der Waals surface area contributed by atoms with Gasteiger partial charge in [-0.3, -0.25) is 4.79 Å². The first-order valence-electron chi connectivity index (χ1n) is 5.89. The molecule has 106 valence electrons. The SMILES string of the molecule is Cc1cc(C(=O)Nc2ccc(OC(F)F)cc2)c(C)s1. The molecule has 3 nitrogen and oxygen atoms in total. The van der Waals surface area contributed by atoms with Crippen LogP contribution in [0.15, 0.2) is 30.3 Å². The van der Waals surface area contributed by atoms with E-state index in [1.807, 2.05) is 19.9 Å². The summed E-state index contributed by atoms with van der Waals surface area (Å²) in [5.41, 5.74) is 1.15. The summed E-state index contributed by atoms with van der Waals surface area (Å²) in [6.07, 6.45) is 0. The van der Waals surface area contributed by atoms with Gasteiger partial charge in [0.2, 0.25) is 0 Å². The van der Waals surface area contributed by atoms with Crippen LogP contribution >= 0.6 is 11.3 Å². The van der Waals surface area contributed by atoms with Crippen LogP contribution in [-0.2, 0) is 0 Å². The minimum atomic E-state index is -2.85. The molecule has 0 aliphatic heterocycles. The van der Waals surface area contributed by atoms with E-state index in [2.05, 4.69) is 10.1 Å². The van der Waals surface area contributed by atoms with Crippen molar-refractivity contribution in [1.29, 1.82) is 0 Å². The summed E-state index contributed by atoms with van der Waals surface area (Å²) in [7, 11) is 0. The van der Waals surface area contributed by atoms with Crippen LogP contribution in [0, 0.1) is 13.8 Å². The number of nitrogens with one attached hydrogen (secondary N) is 1. The van der Waals surface area contributed by atoms with Crippen molar-refractivity contribution in [3.8, 4) is 5.75 Å². The van der Waals surface area contributed by atoms with Crippen molar-refractivity contribution in [2.45, 2.75) is 20.5 Å². The molecule has 20 heavy (non-hydrogen) atoms. The Hall–Kier alpha value is -1.95. The first-order valence-corrected chi connectivity index (χ1v) is 6.70. The fourth-order valence-corrected chi connectivity index (χ4v) is 2.70. The third-order valence-corrected chi connectivity index (χ3v) is 3.59. The number of benzene rings is 1. The maximum Gasteiger partial charge on any atom is 0.387 e. The van der Waals surface area contributed by atoms with E-state index in [-0.39, 0.29) is 11.7 Å². The van der Waals surface area contributed by atoms with Gasteiger partial charge in [0, 0.05) is 15.4 Å². The maximum atomic E-state index is 12.1. The molecule has 0 aliphatic carbocycles. The van der Waals surface area contributed by atoms with Gasteiger partial charge in [0.1, 0.15) is 5.75 Å². The van der Waals surface area contributed by atoms with Crippen LogP contribution in [-0.4, -0.2) is 12.5 Å². The van der Waals surface area contributed by atoms with E-state index in [9.17, 15) is 13.6 Å². The standard InChI is InChI=1S/C14H13F2NO2S/c1-8-7-12(9(2)20-8)13(18)17-10-3-5-11(6-4-10)19-14(15)16/h3-7,14H,1-2H3,(H,17,18). The van der Waals surface area contributed by atoms with Crippen molar-refractivity contribution in [2.75, 3.05) is 5.32 Å². The summed E-state index contributed by atoms with van der Waals surface area (Å²) in [6, 6.07) is 7.62. The van der Waals surface area contributed by atoms with Crippen molar-refractivity contribution in [1.82, 2.24) is 0 Å². The lowest BCUT2D eigenvalue weighted by atomic mass is 10.2. The Balaban J connectivity index is 2.06. The Kier molecular flexibility index (Phi) is 4.34. The number of carbonyl (C=O) groups is 1. The van der Waals surface area contributed by atoms with Gasteiger partial charge in [-0.1, -0.05) is 0 Å². The molecule has 2 aromatic rings. The predicted molar refractivity (Wildman–Crippen MR) is 74.8 cm³/mol. The molecule has 1 heterocycles. The highest BCUT2D eigenvalue weighted by atomic mass is 32.1. The molecule has 0 unspecified atom stereocenters. The number of ether oxygens (including phenoxy) is 1. The fourth-order valence-electron chi connectivity index (χ4n) is 1.77. The highest BCUT2D eigenvalue weighted by Gasteiger charge is 2.12. The minimum Gasteiger partial charge on any atom is -0.435 e. The number of aryl methyl sites for hydroxylation is 2. The molecule has 0 saturated heterocycles. The van der Waals surface area contributed by atoms with Crippen LogP contribution in [0.1, 0.15) is 20.1 Å². The van der Waals surface area contributed by atoms with Crippen LogP contribution in [0.5, 0.6) is 5.75 Å². The van der Waals surface area contributed by atoms with Gasteiger partial charge in [0.25, 0.3) is 5.91 Å². The quantitative estimate of drug-likeness (QED) is 0.917. The van der Waals surface area contributed by atoms with Gasteiger partial charge in [-0.25, -0.2) is 0 Å². The largest absolute Gasteiger partial charge is 0.435 e. The number of amides is 1. The summed E-state index contributed by atoms with van der Waals surface area (Å²) in [4.78, 5) is 14.1. The average Bonchev–Trinajstić information content (AvgIpc) is 2.70. The molecule has 0 aliphatic rings. The van der Waals surface area contributed by atoms with E-state index >= 15 is 0 Å². The van der Waals surface area contributed by atoms with E-state index in [0.29, 0.717) is 11.3 Å². The molecular weight excluding hydrogens is 284 g/mol. The number of carbonyl (C=O) groups excluding carboxylic acids is 1. The van der Waals surface area contributed by atoms with E-state index in [1.54, 1.807) is 11.3 Å². The van der Waals surface area contributed by atoms with Crippen molar-refractivity contribution < 1.29 is 18.3 Å². The van der Waals surface area contributed by atoms with Crippen LogP contribution in [0.3, 0.4) is 0 Å². The zero-order chi connectivity index (χ0) is 14.7. The zero-order valence-corrected chi connectivity index (χ0v) is 11.8. The van der Waals surface area contributed by atoms with Crippen molar-refractivity contribution in [2.24, 2.45) is 0 Å². The van der Waals surface area contributed by atoms with Gasteiger partial charge in [0.05, 0.1) is 5.56 Å². The van der Waals surface area contributed by atoms with Crippen molar-refractivity contribution in [3.05, 3.63) is 45.6 Å². The van der Waals surface area contributed by atoms with Crippen LogP contribution in [0.25, 0.3) is 0 Å². The molecule has 0 radical (unpaired) electrons. The van der Waals surface area contributed by atoms with E-state index in [4.69, 9.17) is 0 Å². The monoisotopic (exact) mass is 297 g/mol. The summed E-state index contributed by atoms with van der Waals surface area (Å²) < 4.78 is 28.3. The highest BCUT2D eigenvalue weighted by molar-refractivity contribution is 7.12. The van der Waals surface area contributed by atoms with E-state index in [0.717, 1.165) is 9.75 Å². The zero-order valence-electron chi connectivity index (χ0n) is 10.9. The molecule has 0 saturated carbocycles. The molecule has 2 rings (SSSR count). The Morgan fingerprint density at radius 2 is 1.90 bits per heavy atom. The van der Waals surface area contributed by atoms with Crippen LogP contribution < -0.4 is 10.1 Å². The average molecular weight is 297 g/mol. The number of anilines is 1. The van der Waals surface area contributed by atoms with Gasteiger partial charge >= 0.3 is 6.61 Å². The second kappa shape index (κ2) is 6.00. The van der Waals surface area contributed by atoms with E-state index < -0.39 is 6.61 Å². The molecule has 0 spiro atoms. The third kappa shape index (κ3) is 3.54. The minimum absolute atomic E-state index is 0.0561. The summed E-state index contributed by atoms with van der Waals surface area (Å²) in [6.45, 7) is 0.962. The molecule has 0 bridgehead atoms. The smallest absolute Gasteiger partial charge is 0.387 e. The predicted octanol–water partition coefficient (Wildman–Crippen LogP) is 4.22. The third-order valence-electron chi connectivity index (χ3n) is 2.62. The second-order valence-electron chi connectivity index (χ2n) is 4.18. The maximum absolute atomic E-state index is 12.1. The molecule has 6 heteroatoms. The highest BCUT2D eigenvalue weighted by Crippen LogP contribution is 2.23. The number of alkyl halides is 2. The first kappa shape index (κ1) is 14.5. The number of hydrogen-bond acceptors (Lipinski definition) is 3. The lowest BCUT2D eigenvalue weighted by Gasteiger charge is -2.07. The number of rotatable bonds is 4. The van der Waals surface area contributed by atoms with Gasteiger partial charge < -0.3 is 10.1 Å². The van der Waals surface area contributed by atoms with Gasteiger partial charge in [-0.2, -0.15) is 8.78 Å². The first-order chi connectivity index (χ1) is 9.45. The summed E-state index contributed by atoms with van der Waals surface area (Å²) >= 11 is 1.55. The Bertz CT molecular complexity index is 608. The molecule has 0 atom stereocenters. The van der Waals surface area contributed by atoms with Crippen LogP contribution in [0.4, 0.5) is 14.5 Å². The lowest BCUT2D eigenvalue weighted by molar-refractivity contribution is -0.0498. The molecule has 1 N–H and O–H groups in total.